The van der Waals surface area contributed by atoms with Crippen LogP contribution in [0.2, 0.25) is 0 Å². The highest BCUT2D eigenvalue weighted by Crippen LogP contribution is 2.04. The van der Waals surface area contributed by atoms with E-state index in [9.17, 15) is 4.79 Å². The molecule has 1 atom stereocenters. The second-order valence-corrected chi connectivity index (χ2v) is 4.34. The first kappa shape index (κ1) is 14.0. The highest BCUT2D eigenvalue weighted by atomic mass is 16.2. The molecule has 18 heavy (non-hydrogen) atoms. The number of carbonyl (C=O) groups excluding carboxylic acids is 1. The first-order valence-electron chi connectivity index (χ1n) is 5.94. The van der Waals surface area contributed by atoms with Gasteiger partial charge in [-0.25, -0.2) is 4.99 Å². The molecule has 0 spiro atoms. The molecule has 0 aromatic heterocycles. The maximum Gasteiger partial charge on any atom is 0.244 e. The summed E-state index contributed by atoms with van der Waals surface area (Å²) < 4.78 is 0. The topological polar surface area (TPSA) is 79.5 Å². The average molecular weight is 248 g/mol. The summed E-state index contributed by atoms with van der Waals surface area (Å²) in [5.74, 6) is 0.0930. The van der Waals surface area contributed by atoms with Crippen molar-refractivity contribution in [2.75, 3.05) is 5.32 Å². The second kappa shape index (κ2) is 6.64. The number of carbonyl (C=O) groups is 1. The normalized spacial score (nSPS) is 13.2. The quantitative estimate of drug-likeness (QED) is 0.555. The molecule has 1 amide bonds. The molecular formula is C13H20N4O. The summed E-state index contributed by atoms with van der Waals surface area (Å²) in [4.78, 5) is 15.7. The van der Waals surface area contributed by atoms with Crippen LogP contribution in [0.15, 0.2) is 35.3 Å². The van der Waals surface area contributed by atoms with Gasteiger partial charge in [0.2, 0.25) is 5.91 Å². The van der Waals surface area contributed by atoms with Gasteiger partial charge in [-0.3, -0.25) is 4.79 Å². The van der Waals surface area contributed by atoms with E-state index in [1.165, 1.54) is 0 Å². The highest BCUT2D eigenvalue weighted by Gasteiger charge is 2.12. The zero-order valence-electron chi connectivity index (χ0n) is 11.0. The van der Waals surface area contributed by atoms with Crippen LogP contribution in [0.4, 0.5) is 5.69 Å². The van der Waals surface area contributed by atoms with Gasteiger partial charge in [0.05, 0.1) is 0 Å². The number of nitrogens with zero attached hydrogens (tertiary/aromatic N) is 1. The molecule has 0 heterocycles. The van der Waals surface area contributed by atoms with Gasteiger partial charge < -0.3 is 16.4 Å². The summed E-state index contributed by atoms with van der Waals surface area (Å²) in [6, 6.07) is 9.04. The molecule has 0 fully saturated rings. The van der Waals surface area contributed by atoms with Gasteiger partial charge >= 0.3 is 0 Å². The van der Waals surface area contributed by atoms with E-state index >= 15 is 0 Å². The van der Waals surface area contributed by atoms with Crippen molar-refractivity contribution in [1.82, 2.24) is 5.32 Å². The number of hydrogen-bond donors (Lipinski definition) is 3. The number of nitrogens with two attached hydrogens (primary N) is 1. The lowest BCUT2D eigenvalue weighted by molar-refractivity contribution is -0.122. The van der Waals surface area contributed by atoms with Crippen LogP contribution in [0, 0.1) is 0 Å². The van der Waals surface area contributed by atoms with Crippen LogP contribution in [0.25, 0.3) is 0 Å². The number of nitrogens with one attached hydrogen (secondary N) is 2. The first-order valence-corrected chi connectivity index (χ1v) is 5.94. The summed E-state index contributed by atoms with van der Waals surface area (Å²) in [6.45, 7) is 5.51. The van der Waals surface area contributed by atoms with Gasteiger partial charge in [0.15, 0.2) is 5.96 Å². The third kappa shape index (κ3) is 4.86. The van der Waals surface area contributed by atoms with Crippen LogP contribution >= 0.6 is 0 Å². The van der Waals surface area contributed by atoms with Crippen LogP contribution in [-0.2, 0) is 4.79 Å². The Morgan fingerprint density at radius 1 is 1.22 bits per heavy atom. The maximum absolute atomic E-state index is 11.6. The largest absolute Gasteiger partial charge is 0.370 e. The number of para-hydroxylation sites is 1. The van der Waals surface area contributed by atoms with E-state index in [4.69, 9.17) is 5.73 Å². The van der Waals surface area contributed by atoms with Gasteiger partial charge in [-0.1, -0.05) is 18.2 Å². The summed E-state index contributed by atoms with van der Waals surface area (Å²) in [6.07, 6.45) is 0. The zero-order chi connectivity index (χ0) is 13.5. The van der Waals surface area contributed by atoms with Gasteiger partial charge in [0.25, 0.3) is 0 Å². The molecular weight excluding hydrogens is 228 g/mol. The van der Waals surface area contributed by atoms with Crippen molar-refractivity contribution in [2.24, 2.45) is 10.7 Å². The fourth-order valence-corrected chi connectivity index (χ4v) is 1.37. The maximum atomic E-state index is 11.6. The summed E-state index contributed by atoms with van der Waals surface area (Å²) in [5.41, 5.74) is 6.58. The number of anilines is 1. The zero-order valence-corrected chi connectivity index (χ0v) is 11.0. The van der Waals surface area contributed by atoms with E-state index < -0.39 is 6.04 Å². The first-order chi connectivity index (χ1) is 8.49. The minimum absolute atomic E-state index is 0.0958. The number of guanidine groups is 1. The van der Waals surface area contributed by atoms with Gasteiger partial charge in [-0.15, -0.1) is 0 Å². The van der Waals surface area contributed by atoms with Gasteiger partial charge in [-0.05, 0) is 32.9 Å². The molecule has 4 N–H and O–H groups in total. The lowest BCUT2D eigenvalue weighted by Gasteiger charge is -2.12. The Bertz CT molecular complexity index is 414. The van der Waals surface area contributed by atoms with E-state index in [-0.39, 0.29) is 17.9 Å². The van der Waals surface area contributed by atoms with Gasteiger partial charge in [0, 0.05) is 11.7 Å². The Balaban J connectivity index is 2.57. The lowest BCUT2D eigenvalue weighted by Crippen LogP contribution is -2.38. The molecule has 0 bridgehead atoms. The van der Waals surface area contributed by atoms with Crippen LogP contribution in [-0.4, -0.2) is 24.0 Å². The average Bonchev–Trinajstić information content (AvgIpc) is 2.29. The fraction of sp³-hybridized carbons (Fsp3) is 0.385. The van der Waals surface area contributed by atoms with Crippen LogP contribution in [0.3, 0.4) is 0 Å². The Morgan fingerprint density at radius 2 is 1.83 bits per heavy atom. The molecule has 1 unspecified atom stereocenters. The Kier molecular flexibility index (Phi) is 5.17. The highest BCUT2D eigenvalue weighted by molar-refractivity contribution is 5.94. The van der Waals surface area contributed by atoms with Crippen molar-refractivity contribution in [3.8, 4) is 0 Å². The van der Waals surface area contributed by atoms with Gasteiger partial charge in [0.1, 0.15) is 6.04 Å². The van der Waals surface area contributed by atoms with Crippen molar-refractivity contribution in [1.29, 1.82) is 0 Å². The third-order valence-corrected chi connectivity index (χ3v) is 2.19. The Labute approximate surface area is 107 Å². The van der Waals surface area contributed by atoms with Crippen molar-refractivity contribution < 1.29 is 4.79 Å². The molecule has 0 saturated heterocycles. The Hall–Kier alpha value is -2.04. The number of rotatable bonds is 4. The molecule has 1 aromatic rings. The van der Waals surface area contributed by atoms with Crippen molar-refractivity contribution in [3.05, 3.63) is 30.3 Å². The summed E-state index contributed by atoms with van der Waals surface area (Å²) in [7, 11) is 0. The van der Waals surface area contributed by atoms with E-state index in [2.05, 4.69) is 15.6 Å². The molecule has 0 aliphatic carbocycles. The van der Waals surface area contributed by atoms with E-state index in [0.29, 0.717) is 0 Å². The number of benzene rings is 1. The minimum atomic E-state index is -0.511. The molecule has 0 aliphatic heterocycles. The molecule has 1 rings (SSSR count). The van der Waals surface area contributed by atoms with E-state index in [1.807, 2.05) is 44.2 Å². The molecule has 0 saturated carbocycles. The van der Waals surface area contributed by atoms with Crippen molar-refractivity contribution in [3.63, 3.8) is 0 Å². The van der Waals surface area contributed by atoms with Crippen LogP contribution in [0.5, 0.6) is 0 Å². The lowest BCUT2D eigenvalue weighted by atomic mass is 10.3. The third-order valence-electron chi connectivity index (χ3n) is 2.19. The summed E-state index contributed by atoms with van der Waals surface area (Å²) >= 11 is 0. The Morgan fingerprint density at radius 3 is 2.39 bits per heavy atom. The standard InChI is InChI=1S/C13H20N4O/c1-9(2)15-12(18)10(3)16-13(14)17-11-7-5-4-6-8-11/h4-10H,1-3H3,(H,15,18)(H3,14,16,17). The summed E-state index contributed by atoms with van der Waals surface area (Å²) in [5, 5.41) is 5.71. The van der Waals surface area contributed by atoms with E-state index in [0.717, 1.165) is 5.69 Å². The monoisotopic (exact) mass is 248 g/mol. The predicted molar refractivity (Wildman–Crippen MR) is 74.4 cm³/mol. The number of amides is 1. The number of hydrogen-bond acceptors (Lipinski definition) is 2. The SMILES string of the molecule is CC(C)NC(=O)C(C)N=C(N)Nc1ccccc1. The predicted octanol–water partition coefficient (Wildman–Crippen LogP) is 1.33. The fourth-order valence-electron chi connectivity index (χ4n) is 1.37. The number of aliphatic imine (C=N–C) groups is 1. The van der Waals surface area contributed by atoms with Gasteiger partial charge in [-0.2, -0.15) is 0 Å². The van der Waals surface area contributed by atoms with E-state index in [1.54, 1.807) is 6.92 Å². The van der Waals surface area contributed by atoms with Crippen molar-refractivity contribution in [2.45, 2.75) is 32.9 Å². The van der Waals surface area contributed by atoms with Crippen molar-refractivity contribution >= 4 is 17.6 Å². The minimum Gasteiger partial charge on any atom is -0.370 e. The van der Waals surface area contributed by atoms with Crippen LogP contribution in [0.1, 0.15) is 20.8 Å². The molecule has 98 valence electrons. The molecule has 1 aromatic carbocycles. The molecule has 5 nitrogen and oxygen atoms in total. The molecule has 0 radical (unpaired) electrons. The van der Waals surface area contributed by atoms with Crippen LogP contribution < -0.4 is 16.4 Å². The molecule has 5 heteroatoms. The smallest absolute Gasteiger partial charge is 0.244 e. The molecule has 0 aliphatic rings. The second-order valence-electron chi connectivity index (χ2n) is 4.34.